The van der Waals surface area contributed by atoms with Crippen molar-refractivity contribution in [2.24, 2.45) is 0 Å². The molecule has 0 spiro atoms. The highest BCUT2D eigenvalue weighted by atomic mass is 35.5. The Hall–Kier alpha value is -4.83. The smallest absolute Gasteiger partial charge is 0.335 e. The van der Waals surface area contributed by atoms with E-state index in [1.807, 2.05) is 0 Å². The van der Waals surface area contributed by atoms with E-state index in [9.17, 15) is 24.6 Å². The number of nitrogens with zero attached hydrogens (tertiary/aromatic N) is 2. The third-order valence-electron chi connectivity index (χ3n) is 6.22. The molecule has 1 aromatic heterocycles. The van der Waals surface area contributed by atoms with E-state index >= 15 is 0 Å². The Morgan fingerprint density at radius 1 is 1.03 bits per heavy atom. The number of aromatic nitrogens is 2. The number of imidazole rings is 1. The van der Waals surface area contributed by atoms with E-state index in [2.05, 4.69) is 9.97 Å². The van der Waals surface area contributed by atoms with Crippen molar-refractivity contribution in [1.29, 1.82) is 0 Å². The van der Waals surface area contributed by atoms with Crippen molar-refractivity contribution in [3.63, 3.8) is 0 Å². The molecule has 3 aromatic carbocycles. The first-order valence-corrected chi connectivity index (χ1v) is 11.6. The highest BCUT2D eigenvalue weighted by molar-refractivity contribution is 6.51. The number of amides is 1. The number of nitrogens with one attached hydrogen (secondary N) is 1. The summed E-state index contributed by atoms with van der Waals surface area (Å²) in [5.74, 6) is -2.81. The number of ketones is 1. The number of methoxy groups -OCH3 is 2. The number of Topliss-reactive ketones (excluding diaryl/α,β-unsaturated/α-hetero) is 1. The molecule has 5 rings (SSSR count). The van der Waals surface area contributed by atoms with E-state index < -0.39 is 29.5 Å². The Morgan fingerprint density at radius 3 is 2.53 bits per heavy atom. The van der Waals surface area contributed by atoms with Crippen molar-refractivity contribution in [2.75, 3.05) is 19.1 Å². The summed E-state index contributed by atoms with van der Waals surface area (Å²) in [4.78, 5) is 46.8. The number of aromatic carboxylic acids is 1. The summed E-state index contributed by atoms with van der Waals surface area (Å²) in [7, 11) is 2.88. The summed E-state index contributed by atoms with van der Waals surface area (Å²) >= 11 is 6.16. The summed E-state index contributed by atoms with van der Waals surface area (Å²) in [5, 5.41) is 21.0. The van der Waals surface area contributed by atoms with Gasteiger partial charge in [-0.1, -0.05) is 23.7 Å². The fraction of sp³-hybridized carbons (Fsp3) is 0.111. The minimum atomic E-state index is -1.13. The molecule has 38 heavy (non-hydrogen) atoms. The highest BCUT2D eigenvalue weighted by Gasteiger charge is 2.48. The number of halogens is 1. The maximum absolute atomic E-state index is 13.5. The molecule has 0 aliphatic carbocycles. The SMILES string of the molecule is COc1cccc(C2/C(=C(\O)c3cc(Cl)ccc3OC)C(=O)C(=O)N2c2nc3ccc(C(=O)O)cc3[nH]2)c1. The first kappa shape index (κ1) is 24.8. The van der Waals surface area contributed by atoms with Crippen LogP contribution in [0, 0.1) is 0 Å². The average Bonchev–Trinajstić information content (AvgIpc) is 3.45. The van der Waals surface area contributed by atoms with Gasteiger partial charge in [0.25, 0.3) is 5.78 Å². The Labute approximate surface area is 220 Å². The molecular weight excluding hydrogens is 514 g/mol. The van der Waals surface area contributed by atoms with Crippen molar-refractivity contribution >= 4 is 52.0 Å². The van der Waals surface area contributed by atoms with Gasteiger partial charge in [-0.25, -0.2) is 9.78 Å². The quantitative estimate of drug-likeness (QED) is 0.186. The maximum Gasteiger partial charge on any atom is 0.335 e. The number of carboxylic acids is 1. The van der Waals surface area contributed by atoms with Crippen LogP contribution in [0.5, 0.6) is 11.5 Å². The summed E-state index contributed by atoms with van der Waals surface area (Å²) in [6.45, 7) is 0. The van der Waals surface area contributed by atoms with Crippen molar-refractivity contribution in [2.45, 2.75) is 6.04 Å². The second kappa shape index (κ2) is 9.56. The zero-order valence-corrected chi connectivity index (χ0v) is 20.8. The van der Waals surface area contributed by atoms with Crippen molar-refractivity contribution in [3.8, 4) is 11.5 Å². The second-order valence-electron chi connectivity index (χ2n) is 8.39. The van der Waals surface area contributed by atoms with E-state index in [-0.39, 0.29) is 33.4 Å². The Kier molecular flexibility index (Phi) is 6.25. The average molecular weight is 534 g/mol. The minimum Gasteiger partial charge on any atom is -0.507 e. The summed E-state index contributed by atoms with van der Waals surface area (Å²) in [6, 6.07) is 14.4. The second-order valence-corrected chi connectivity index (χ2v) is 8.82. The molecule has 2 heterocycles. The number of hydrogen-bond acceptors (Lipinski definition) is 7. The van der Waals surface area contributed by atoms with Crippen molar-refractivity contribution in [3.05, 3.63) is 87.9 Å². The van der Waals surface area contributed by atoms with Crippen molar-refractivity contribution < 1.29 is 34.1 Å². The maximum atomic E-state index is 13.5. The van der Waals surface area contributed by atoms with Crippen LogP contribution < -0.4 is 14.4 Å². The van der Waals surface area contributed by atoms with Gasteiger partial charge in [0.15, 0.2) is 0 Å². The molecule has 0 radical (unpaired) electrons. The number of aliphatic hydroxyl groups is 1. The zero-order chi connectivity index (χ0) is 27.1. The lowest BCUT2D eigenvalue weighted by atomic mass is 9.95. The molecule has 1 saturated heterocycles. The summed E-state index contributed by atoms with van der Waals surface area (Å²) in [6.07, 6.45) is 0. The Bertz CT molecular complexity index is 1660. The number of carbonyl (C=O) groups is 3. The van der Waals surface area contributed by atoms with E-state index in [1.165, 1.54) is 44.6 Å². The molecule has 1 atom stereocenters. The van der Waals surface area contributed by atoms with Gasteiger partial charge in [0, 0.05) is 5.02 Å². The van der Waals surface area contributed by atoms with Gasteiger partial charge in [-0.15, -0.1) is 0 Å². The fourth-order valence-electron chi connectivity index (χ4n) is 4.43. The first-order valence-electron chi connectivity index (χ1n) is 11.3. The van der Waals surface area contributed by atoms with Crippen LogP contribution in [-0.2, 0) is 9.59 Å². The number of fused-ring (bicyclic) bond motifs is 1. The van der Waals surface area contributed by atoms with Gasteiger partial charge in [0.1, 0.15) is 17.3 Å². The molecule has 0 bridgehead atoms. The largest absolute Gasteiger partial charge is 0.507 e. The topological polar surface area (TPSA) is 142 Å². The number of carboxylic acid groups (broad SMARTS) is 1. The molecule has 1 amide bonds. The van der Waals surface area contributed by atoms with Gasteiger partial charge in [-0.2, -0.15) is 0 Å². The first-order chi connectivity index (χ1) is 18.2. The number of anilines is 1. The van der Waals surface area contributed by atoms with Crippen LogP contribution in [0.3, 0.4) is 0 Å². The predicted molar refractivity (Wildman–Crippen MR) is 139 cm³/mol. The van der Waals surface area contributed by atoms with Crippen LogP contribution in [0.25, 0.3) is 16.8 Å². The molecule has 10 nitrogen and oxygen atoms in total. The number of aromatic amines is 1. The van der Waals surface area contributed by atoms with Crippen LogP contribution in [-0.4, -0.2) is 52.1 Å². The molecule has 3 N–H and O–H groups in total. The molecule has 4 aromatic rings. The zero-order valence-electron chi connectivity index (χ0n) is 20.1. The Morgan fingerprint density at radius 2 is 1.82 bits per heavy atom. The van der Waals surface area contributed by atoms with Crippen LogP contribution >= 0.6 is 11.6 Å². The lowest BCUT2D eigenvalue weighted by molar-refractivity contribution is -0.132. The van der Waals surface area contributed by atoms with Gasteiger partial charge < -0.3 is 24.7 Å². The molecular formula is C27H20ClN3O7. The number of benzene rings is 3. The third-order valence-corrected chi connectivity index (χ3v) is 6.45. The lowest BCUT2D eigenvalue weighted by Crippen LogP contribution is -2.30. The highest BCUT2D eigenvalue weighted by Crippen LogP contribution is 2.43. The molecule has 1 aliphatic heterocycles. The molecule has 0 saturated carbocycles. The van der Waals surface area contributed by atoms with Crippen LogP contribution in [0.15, 0.2) is 66.2 Å². The van der Waals surface area contributed by atoms with E-state index in [1.54, 1.807) is 30.3 Å². The molecule has 11 heteroatoms. The number of rotatable bonds is 6. The number of carbonyl (C=O) groups excluding carboxylic acids is 2. The van der Waals surface area contributed by atoms with Crippen LogP contribution in [0.4, 0.5) is 5.95 Å². The number of H-pyrrole nitrogens is 1. The molecule has 192 valence electrons. The standard InChI is InChI=1S/C27H20ClN3O7/c1-37-16-5-3-4-13(10-16)22-21(23(32)17-12-15(28)7-9-20(17)38-2)24(33)25(34)31(22)27-29-18-8-6-14(26(35)36)11-19(18)30-27/h3-12,22,32H,1-2H3,(H,29,30)(H,35,36)/b23-21+. The summed E-state index contributed by atoms with van der Waals surface area (Å²) in [5.41, 5.74) is 1.12. The lowest BCUT2D eigenvalue weighted by Gasteiger charge is -2.23. The molecule has 1 aliphatic rings. The number of hydrogen-bond donors (Lipinski definition) is 3. The van der Waals surface area contributed by atoms with E-state index in [0.29, 0.717) is 22.3 Å². The predicted octanol–water partition coefficient (Wildman–Crippen LogP) is 4.56. The van der Waals surface area contributed by atoms with Gasteiger partial charge in [-0.05, 0) is 54.1 Å². The monoisotopic (exact) mass is 533 g/mol. The van der Waals surface area contributed by atoms with E-state index in [0.717, 1.165) is 4.90 Å². The van der Waals surface area contributed by atoms with Gasteiger partial charge in [0.05, 0.1) is 48.0 Å². The number of ether oxygens (including phenoxy) is 2. The van der Waals surface area contributed by atoms with Crippen LogP contribution in [0.1, 0.15) is 27.5 Å². The van der Waals surface area contributed by atoms with Gasteiger partial charge >= 0.3 is 11.9 Å². The number of aliphatic hydroxyl groups excluding tert-OH is 1. The van der Waals surface area contributed by atoms with Gasteiger partial charge in [-0.3, -0.25) is 14.5 Å². The molecule has 1 fully saturated rings. The Balaban J connectivity index is 1.76. The van der Waals surface area contributed by atoms with Crippen LogP contribution in [0.2, 0.25) is 5.02 Å². The summed E-state index contributed by atoms with van der Waals surface area (Å²) < 4.78 is 10.7. The van der Waals surface area contributed by atoms with E-state index in [4.69, 9.17) is 21.1 Å². The van der Waals surface area contributed by atoms with Crippen molar-refractivity contribution in [1.82, 2.24) is 9.97 Å². The normalized spacial score (nSPS) is 16.7. The fourth-order valence-corrected chi connectivity index (χ4v) is 4.60. The minimum absolute atomic E-state index is 0.00503. The van der Waals surface area contributed by atoms with Gasteiger partial charge in [0.2, 0.25) is 5.95 Å². The molecule has 1 unspecified atom stereocenters. The third kappa shape index (κ3) is 4.10.